The van der Waals surface area contributed by atoms with Crippen LogP contribution in [0.25, 0.3) is 0 Å². The van der Waals surface area contributed by atoms with E-state index in [-0.39, 0.29) is 5.75 Å². The molecule has 1 aliphatic rings. The van der Waals surface area contributed by atoms with Gasteiger partial charge in [0.2, 0.25) is 0 Å². The molecule has 0 radical (unpaired) electrons. The van der Waals surface area contributed by atoms with Crippen molar-refractivity contribution in [1.82, 2.24) is 0 Å². The van der Waals surface area contributed by atoms with Gasteiger partial charge in [-0.15, -0.1) is 0 Å². The van der Waals surface area contributed by atoms with Gasteiger partial charge in [-0.3, -0.25) is 0 Å². The van der Waals surface area contributed by atoms with E-state index in [9.17, 15) is 13.2 Å². The Bertz CT molecular complexity index is 498. The summed E-state index contributed by atoms with van der Waals surface area (Å²) in [6, 6.07) is 5.92. The van der Waals surface area contributed by atoms with Crippen LogP contribution in [0.2, 0.25) is 0 Å². The standard InChI is InChI=1S/C13H12F3NO/c1-18-11-7-9(12(8-17)5-2-6-12)3-4-10(11)13(14,15)16/h3-4,7H,2,5-6H2,1H3. The third-order valence-corrected chi connectivity index (χ3v) is 3.48. The van der Waals surface area contributed by atoms with E-state index < -0.39 is 17.2 Å². The fraction of sp³-hybridized carbons (Fsp3) is 0.462. The van der Waals surface area contributed by atoms with Crippen molar-refractivity contribution < 1.29 is 17.9 Å². The van der Waals surface area contributed by atoms with Crippen LogP contribution in [-0.2, 0) is 11.6 Å². The molecule has 0 N–H and O–H groups in total. The van der Waals surface area contributed by atoms with E-state index in [1.54, 1.807) is 0 Å². The van der Waals surface area contributed by atoms with Crippen LogP contribution in [-0.4, -0.2) is 7.11 Å². The van der Waals surface area contributed by atoms with Crippen molar-refractivity contribution in [2.45, 2.75) is 30.9 Å². The number of nitriles is 1. The summed E-state index contributed by atoms with van der Waals surface area (Å²) >= 11 is 0. The second kappa shape index (κ2) is 4.20. The first-order valence-electron chi connectivity index (χ1n) is 5.60. The van der Waals surface area contributed by atoms with Crippen molar-refractivity contribution in [3.05, 3.63) is 29.3 Å². The lowest BCUT2D eigenvalue weighted by Gasteiger charge is -2.36. The summed E-state index contributed by atoms with van der Waals surface area (Å²) in [5, 5.41) is 9.17. The Morgan fingerprint density at radius 3 is 2.39 bits per heavy atom. The molecule has 2 rings (SSSR count). The van der Waals surface area contributed by atoms with Gasteiger partial charge in [-0.25, -0.2) is 0 Å². The SMILES string of the molecule is COc1cc(C2(C#N)CCC2)ccc1C(F)(F)F. The van der Waals surface area contributed by atoms with Gasteiger partial charge < -0.3 is 4.74 Å². The largest absolute Gasteiger partial charge is 0.496 e. The smallest absolute Gasteiger partial charge is 0.419 e. The number of ether oxygens (including phenoxy) is 1. The summed E-state index contributed by atoms with van der Waals surface area (Å²) in [5.74, 6) is -0.221. The Morgan fingerprint density at radius 2 is 2.00 bits per heavy atom. The molecule has 18 heavy (non-hydrogen) atoms. The third kappa shape index (κ3) is 1.92. The maximum atomic E-state index is 12.7. The molecule has 1 aromatic carbocycles. The Kier molecular flexibility index (Phi) is 2.97. The molecule has 0 bridgehead atoms. The highest BCUT2D eigenvalue weighted by molar-refractivity contribution is 5.45. The number of halogens is 3. The van der Waals surface area contributed by atoms with Crippen molar-refractivity contribution in [3.8, 4) is 11.8 Å². The number of nitrogens with zero attached hydrogens (tertiary/aromatic N) is 1. The number of hydrogen-bond donors (Lipinski definition) is 0. The topological polar surface area (TPSA) is 33.0 Å². The lowest BCUT2D eigenvalue weighted by Crippen LogP contribution is -2.32. The van der Waals surface area contributed by atoms with Crippen LogP contribution in [0.1, 0.15) is 30.4 Å². The molecule has 1 aromatic rings. The first-order chi connectivity index (χ1) is 8.43. The van der Waals surface area contributed by atoms with E-state index in [4.69, 9.17) is 10.00 Å². The van der Waals surface area contributed by atoms with Crippen molar-refractivity contribution >= 4 is 0 Å². The quantitative estimate of drug-likeness (QED) is 0.808. The van der Waals surface area contributed by atoms with Crippen molar-refractivity contribution in [2.75, 3.05) is 7.11 Å². The second-order valence-electron chi connectivity index (χ2n) is 4.46. The van der Waals surface area contributed by atoms with Gasteiger partial charge in [0, 0.05) is 0 Å². The lowest BCUT2D eigenvalue weighted by molar-refractivity contribution is -0.138. The molecule has 0 unspecified atom stereocenters. The monoisotopic (exact) mass is 255 g/mol. The number of benzene rings is 1. The van der Waals surface area contributed by atoms with Gasteiger partial charge in [-0.1, -0.05) is 6.07 Å². The summed E-state index contributed by atoms with van der Waals surface area (Å²) < 4.78 is 42.9. The van der Waals surface area contributed by atoms with Gasteiger partial charge in [0.1, 0.15) is 5.75 Å². The Morgan fingerprint density at radius 1 is 1.33 bits per heavy atom. The molecule has 0 aromatic heterocycles. The number of hydrogen-bond acceptors (Lipinski definition) is 2. The molecule has 5 heteroatoms. The number of rotatable bonds is 2. The molecule has 0 heterocycles. The highest BCUT2D eigenvalue weighted by atomic mass is 19.4. The summed E-state index contributed by atoms with van der Waals surface area (Å²) in [7, 11) is 1.20. The van der Waals surface area contributed by atoms with Gasteiger partial charge in [-0.2, -0.15) is 18.4 Å². The predicted octanol–water partition coefficient (Wildman–Crippen LogP) is 3.66. The van der Waals surface area contributed by atoms with Gasteiger partial charge in [-0.05, 0) is 37.0 Å². The molecule has 2 nitrogen and oxygen atoms in total. The highest BCUT2D eigenvalue weighted by Crippen LogP contribution is 2.46. The Hall–Kier alpha value is -1.70. The van der Waals surface area contributed by atoms with Crippen molar-refractivity contribution in [1.29, 1.82) is 5.26 Å². The van der Waals surface area contributed by atoms with Gasteiger partial charge in [0.25, 0.3) is 0 Å². The van der Waals surface area contributed by atoms with Crippen LogP contribution < -0.4 is 4.74 Å². The average Bonchev–Trinajstić information content (AvgIpc) is 2.26. The molecule has 96 valence electrons. The minimum Gasteiger partial charge on any atom is -0.496 e. The molecule has 1 fully saturated rings. The van der Waals surface area contributed by atoms with Crippen LogP contribution in [0.3, 0.4) is 0 Å². The molecule has 0 atom stereocenters. The van der Waals surface area contributed by atoms with Crippen LogP contribution in [0, 0.1) is 11.3 Å². The highest BCUT2D eigenvalue weighted by Gasteiger charge is 2.41. The maximum absolute atomic E-state index is 12.7. The van der Waals surface area contributed by atoms with E-state index in [0.717, 1.165) is 12.5 Å². The van der Waals surface area contributed by atoms with Gasteiger partial charge >= 0.3 is 6.18 Å². The maximum Gasteiger partial charge on any atom is 0.419 e. The zero-order valence-corrected chi connectivity index (χ0v) is 9.84. The number of alkyl halides is 3. The molecular formula is C13H12F3NO. The minimum atomic E-state index is -4.44. The summed E-state index contributed by atoms with van der Waals surface area (Å²) in [6.07, 6.45) is -2.13. The fourth-order valence-electron chi connectivity index (χ4n) is 2.22. The van der Waals surface area contributed by atoms with E-state index in [1.807, 2.05) is 0 Å². The van der Waals surface area contributed by atoms with Crippen LogP contribution in [0.5, 0.6) is 5.75 Å². The molecule has 0 amide bonds. The van der Waals surface area contributed by atoms with Crippen LogP contribution in [0.15, 0.2) is 18.2 Å². The van der Waals surface area contributed by atoms with Gasteiger partial charge in [0.05, 0.1) is 24.2 Å². The Labute approximate surface area is 103 Å². The molecule has 0 spiro atoms. The number of methoxy groups -OCH3 is 1. The predicted molar refractivity (Wildman–Crippen MR) is 59.1 cm³/mol. The van der Waals surface area contributed by atoms with E-state index in [0.29, 0.717) is 18.4 Å². The molecular weight excluding hydrogens is 243 g/mol. The van der Waals surface area contributed by atoms with Crippen molar-refractivity contribution in [2.24, 2.45) is 0 Å². The third-order valence-electron chi connectivity index (χ3n) is 3.48. The fourth-order valence-corrected chi connectivity index (χ4v) is 2.22. The van der Waals surface area contributed by atoms with E-state index in [2.05, 4.69) is 6.07 Å². The molecule has 0 saturated heterocycles. The summed E-state index contributed by atoms with van der Waals surface area (Å²) in [6.45, 7) is 0. The van der Waals surface area contributed by atoms with Crippen LogP contribution >= 0.6 is 0 Å². The average molecular weight is 255 g/mol. The first-order valence-corrected chi connectivity index (χ1v) is 5.60. The zero-order valence-electron chi connectivity index (χ0n) is 9.84. The van der Waals surface area contributed by atoms with E-state index >= 15 is 0 Å². The summed E-state index contributed by atoms with van der Waals surface area (Å²) in [5.41, 5.74) is -0.820. The minimum absolute atomic E-state index is 0.221. The molecule has 0 aliphatic heterocycles. The molecule has 1 aliphatic carbocycles. The van der Waals surface area contributed by atoms with Crippen molar-refractivity contribution in [3.63, 3.8) is 0 Å². The van der Waals surface area contributed by atoms with Gasteiger partial charge in [0.15, 0.2) is 0 Å². The normalized spacial score (nSPS) is 17.7. The molecule has 1 saturated carbocycles. The zero-order chi connectivity index (χ0) is 13.4. The summed E-state index contributed by atoms with van der Waals surface area (Å²) in [4.78, 5) is 0. The van der Waals surface area contributed by atoms with E-state index in [1.165, 1.54) is 19.2 Å². The lowest BCUT2D eigenvalue weighted by atomic mass is 9.65. The first kappa shape index (κ1) is 12.7. The van der Waals surface area contributed by atoms with Crippen LogP contribution in [0.4, 0.5) is 13.2 Å². The Balaban J connectivity index is 2.46. The second-order valence-corrected chi connectivity index (χ2v) is 4.46.